The molecule has 1 aromatic carbocycles. The van der Waals surface area contributed by atoms with E-state index < -0.39 is 33.9 Å². The molecule has 4 aromatic rings. The zero-order chi connectivity index (χ0) is 23.6. The lowest BCUT2D eigenvalue weighted by Gasteiger charge is -2.15. The Morgan fingerprint density at radius 2 is 1.88 bits per heavy atom. The number of nitrogens with zero attached hydrogens (tertiary/aromatic N) is 4. The molecule has 0 aliphatic carbocycles. The monoisotopic (exact) mass is 487 g/mol. The molecule has 168 valence electrons. The normalized spacial score (nSPS) is 13.2. The summed E-state index contributed by atoms with van der Waals surface area (Å²) in [5, 5.41) is 10.3. The molecule has 6 nitrogen and oxygen atoms in total. The lowest BCUT2D eigenvalue weighted by atomic mass is 10.1. The highest BCUT2D eigenvalue weighted by molar-refractivity contribution is 8.31. The van der Waals surface area contributed by atoms with Crippen molar-refractivity contribution in [3.63, 3.8) is 0 Å². The molecule has 0 saturated carbocycles. The molecule has 33 heavy (non-hydrogen) atoms. The first-order chi connectivity index (χ1) is 15.9. The van der Waals surface area contributed by atoms with E-state index in [1.54, 1.807) is 35.2 Å². The van der Waals surface area contributed by atoms with E-state index in [1.165, 1.54) is 30.5 Å². The van der Waals surface area contributed by atoms with Gasteiger partial charge in [0, 0.05) is 40.9 Å². The smallest absolute Gasteiger partial charge is 0.124 e. The number of fused-ring (bicyclic) bond motifs is 1. The van der Waals surface area contributed by atoms with Crippen molar-refractivity contribution < 1.29 is 17.4 Å². The summed E-state index contributed by atoms with van der Waals surface area (Å²) < 4.78 is 56.5. The highest BCUT2D eigenvalue weighted by Crippen LogP contribution is 2.35. The molecule has 0 fully saturated rings. The maximum atomic E-state index is 14.0. The fraction of sp³-hybridized carbons (Fsp3) is 0.136. The van der Waals surface area contributed by atoms with Gasteiger partial charge in [0.25, 0.3) is 0 Å². The van der Waals surface area contributed by atoms with Crippen LogP contribution in [0, 0.1) is 17.1 Å². The number of pyridine rings is 2. The number of benzene rings is 1. The molecule has 0 radical (unpaired) electrons. The number of rotatable bonds is 7. The van der Waals surface area contributed by atoms with Crippen LogP contribution in [0.25, 0.3) is 28.0 Å². The van der Waals surface area contributed by atoms with Crippen LogP contribution < -0.4 is 4.72 Å². The second-order valence-corrected chi connectivity index (χ2v) is 10.2. The van der Waals surface area contributed by atoms with Crippen LogP contribution in [0.1, 0.15) is 5.56 Å². The Morgan fingerprint density at radius 3 is 2.48 bits per heavy atom. The van der Waals surface area contributed by atoms with Crippen LogP contribution in [-0.4, -0.2) is 38.1 Å². The molecule has 3 heterocycles. The van der Waals surface area contributed by atoms with Crippen molar-refractivity contribution in [2.45, 2.75) is 10.9 Å². The fourth-order valence-electron chi connectivity index (χ4n) is 3.45. The van der Waals surface area contributed by atoms with Gasteiger partial charge >= 0.3 is 0 Å². The Balaban J connectivity index is 1.89. The van der Waals surface area contributed by atoms with Crippen molar-refractivity contribution in [2.24, 2.45) is 0 Å². The summed E-state index contributed by atoms with van der Waals surface area (Å²) in [4.78, 5) is 8.42. The minimum Gasteiger partial charge on any atom is -0.306 e. The topological polar surface area (TPSA) is 83.6 Å². The summed E-state index contributed by atoms with van der Waals surface area (Å²) in [6, 6.07) is 11.4. The van der Waals surface area contributed by atoms with E-state index in [0.29, 0.717) is 28.0 Å². The van der Waals surface area contributed by atoms with Gasteiger partial charge in [-0.3, -0.25) is 9.97 Å². The van der Waals surface area contributed by atoms with Crippen molar-refractivity contribution in [2.75, 3.05) is 13.3 Å². The first kappa shape index (κ1) is 22.8. The van der Waals surface area contributed by atoms with Gasteiger partial charge in [0.1, 0.15) is 33.9 Å². The van der Waals surface area contributed by atoms with E-state index >= 15 is 0 Å². The van der Waals surface area contributed by atoms with Gasteiger partial charge in [0.15, 0.2) is 0 Å². The number of nitrogens with one attached hydrogen (secondary N) is 1. The second-order valence-electron chi connectivity index (χ2n) is 7.04. The fourth-order valence-corrected chi connectivity index (χ4v) is 5.30. The Morgan fingerprint density at radius 1 is 1.15 bits per heavy atom. The summed E-state index contributed by atoms with van der Waals surface area (Å²) in [6.07, 6.45) is 4.41. The van der Waals surface area contributed by atoms with Crippen molar-refractivity contribution in [3.8, 4) is 23.1 Å². The van der Waals surface area contributed by atoms with Gasteiger partial charge in [-0.05, 0) is 42.5 Å². The number of hydrogen-bond donors (Lipinski definition) is 1. The van der Waals surface area contributed by atoms with E-state index in [4.69, 9.17) is 11.2 Å². The molecule has 0 aliphatic rings. The molecule has 0 saturated heterocycles. The number of alkyl halides is 2. The van der Waals surface area contributed by atoms with Crippen LogP contribution in [0.3, 0.4) is 0 Å². The lowest BCUT2D eigenvalue weighted by Crippen LogP contribution is -2.37. The number of nitriles is 1. The molecule has 0 bridgehead atoms. The molecular weight excluding hydrogens is 471 g/mol. The molecule has 1 N–H and O–H groups in total. The highest BCUT2D eigenvalue weighted by Gasteiger charge is 2.23. The van der Waals surface area contributed by atoms with Crippen LogP contribution in [0.4, 0.5) is 13.2 Å². The van der Waals surface area contributed by atoms with Crippen LogP contribution in [0.15, 0.2) is 66.0 Å². The van der Waals surface area contributed by atoms with Gasteiger partial charge in [-0.15, -0.1) is 0 Å². The van der Waals surface area contributed by atoms with Crippen LogP contribution >= 0.6 is 0 Å². The third-order valence-corrected chi connectivity index (χ3v) is 7.32. The van der Waals surface area contributed by atoms with Crippen LogP contribution in [-0.2, 0) is 19.9 Å². The van der Waals surface area contributed by atoms with Gasteiger partial charge in [-0.1, -0.05) is 0 Å². The van der Waals surface area contributed by atoms with Gasteiger partial charge in [-0.25, -0.2) is 22.1 Å². The predicted octanol–water partition coefficient (Wildman–Crippen LogP) is 4.02. The molecule has 0 amide bonds. The Hall–Kier alpha value is -3.33. The van der Waals surface area contributed by atoms with Gasteiger partial charge in [-0.2, -0.15) is 5.26 Å². The van der Waals surface area contributed by atoms with E-state index in [1.807, 2.05) is 0 Å². The Kier molecular flexibility index (Phi) is 6.42. The van der Waals surface area contributed by atoms with E-state index in [-0.39, 0.29) is 10.5 Å². The summed E-state index contributed by atoms with van der Waals surface area (Å²) in [5.41, 5.74) is 2.19. The predicted molar refractivity (Wildman–Crippen MR) is 122 cm³/mol. The maximum Gasteiger partial charge on any atom is 0.124 e. The standard InChI is InChI=1S/C22H16F3N5OS2/c23-10-15(11-24)29-33(31,32)17-2-3-20(28-13-17)22-19(12-26)18-9-14(25)1-4-21(18)30(22)16-5-7-27-8-6-16/h1-9,13,15,29H,10-11H2. The minimum absolute atomic E-state index is 0.0734. The Bertz CT molecular complexity index is 1450. The quantitative estimate of drug-likeness (QED) is 0.426. The zero-order valence-corrected chi connectivity index (χ0v) is 18.5. The highest BCUT2D eigenvalue weighted by atomic mass is 32.8. The zero-order valence-electron chi connectivity index (χ0n) is 16.9. The van der Waals surface area contributed by atoms with Crippen molar-refractivity contribution >= 4 is 30.8 Å². The Labute approximate surface area is 192 Å². The van der Waals surface area contributed by atoms with Crippen molar-refractivity contribution in [1.29, 1.82) is 5.26 Å². The molecule has 1 unspecified atom stereocenters. The van der Waals surface area contributed by atoms with E-state index in [9.17, 15) is 22.6 Å². The number of hydrogen-bond acceptors (Lipinski definition) is 5. The van der Waals surface area contributed by atoms with Crippen LogP contribution in [0.5, 0.6) is 0 Å². The van der Waals surface area contributed by atoms with Gasteiger partial charge in [0.2, 0.25) is 0 Å². The summed E-state index contributed by atoms with van der Waals surface area (Å²) in [7, 11) is -3.38. The first-order valence-electron chi connectivity index (χ1n) is 9.64. The van der Waals surface area contributed by atoms with Crippen molar-refractivity contribution in [1.82, 2.24) is 19.3 Å². The largest absolute Gasteiger partial charge is 0.306 e. The lowest BCUT2D eigenvalue weighted by molar-refractivity contribution is 0.338. The van der Waals surface area contributed by atoms with Crippen LogP contribution in [0.2, 0.25) is 0 Å². The second kappa shape index (κ2) is 9.27. The first-order valence-corrected chi connectivity index (χ1v) is 12.1. The molecular formula is C22H16F3N5OS2. The molecule has 4 rings (SSSR count). The van der Waals surface area contributed by atoms with E-state index in [0.717, 1.165) is 0 Å². The third-order valence-electron chi connectivity index (χ3n) is 4.95. The van der Waals surface area contributed by atoms with E-state index in [2.05, 4.69) is 20.8 Å². The van der Waals surface area contributed by atoms with Gasteiger partial charge < -0.3 is 4.57 Å². The average molecular weight is 488 g/mol. The SMILES string of the molecule is N#Cc1c(-c2ccc(S(=O)(=S)NC(CF)CF)cn2)n(-c2ccncc2)c2ccc(F)cc12. The average Bonchev–Trinajstić information content (AvgIpc) is 3.16. The molecule has 0 spiro atoms. The third kappa shape index (κ3) is 4.32. The summed E-state index contributed by atoms with van der Waals surface area (Å²) in [5.74, 6) is -0.493. The molecule has 0 aliphatic heterocycles. The number of halogens is 3. The maximum absolute atomic E-state index is 14.0. The minimum atomic E-state index is -3.38. The summed E-state index contributed by atoms with van der Waals surface area (Å²) >= 11 is 5.03. The molecule has 1 atom stereocenters. The molecule has 11 heteroatoms. The summed E-state index contributed by atoms with van der Waals surface area (Å²) in [6.45, 7) is -2.13. The molecule has 3 aromatic heterocycles. The van der Waals surface area contributed by atoms with Gasteiger partial charge in [0.05, 0.1) is 33.4 Å². The van der Waals surface area contributed by atoms with Crippen molar-refractivity contribution in [3.05, 3.63) is 72.4 Å². The number of aromatic nitrogens is 3.